The maximum atomic E-state index is 13.3. The van der Waals surface area contributed by atoms with Crippen molar-refractivity contribution in [2.75, 3.05) is 0 Å². The van der Waals surface area contributed by atoms with E-state index in [0.717, 1.165) is 9.86 Å². The van der Waals surface area contributed by atoms with Gasteiger partial charge in [0.1, 0.15) is 17.2 Å². The van der Waals surface area contributed by atoms with Gasteiger partial charge in [0.15, 0.2) is 0 Å². The third kappa shape index (κ3) is 2.63. The average molecular weight is 405 g/mol. The summed E-state index contributed by atoms with van der Waals surface area (Å²) >= 11 is 7.90. The molecule has 0 amide bonds. The number of aromatic nitrogens is 2. The first-order valence-electron chi connectivity index (χ1n) is 7.08. The summed E-state index contributed by atoms with van der Waals surface area (Å²) in [5, 5.41) is 0.167. The molecule has 0 saturated heterocycles. The van der Waals surface area contributed by atoms with Crippen LogP contribution >= 0.6 is 28.6 Å². The van der Waals surface area contributed by atoms with Crippen LogP contribution in [0.15, 0.2) is 56.1 Å². The minimum Gasteiger partial charge on any atom is -0.422 e. The predicted molar refractivity (Wildman–Crippen MR) is 97.1 cm³/mol. The van der Waals surface area contributed by atoms with Crippen LogP contribution in [0.25, 0.3) is 22.0 Å². The van der Waals surface area contributed by atoms with Gasteiger partial charge in [-0.3, -0.25) is 0 Å². The highest BCUT2D eigenvalue weighted by atomic mass is 79.9. The van der Waals surface area contributed by atoms with Crippen LogP contribution in [0.5, 0.6) is 0 Å². The number of halogens is 2. The quantitative estimate of drug-likeness (QED) is 0.379. The van der Waals surface area contributed by atoms with Gasteiger partial charge in [-0.1, -0.05) is 15.9 Å². The zero-order valence-corrected chi connectivity index (χ0v) is 14.6. The maximum Gasteiger partial charge on any atom is 0.341 e. The zero-order chi connectivity index (χ0) is 16.8. The number of imidazole rings is 1. The predicted octanol–water partition coefficient (Wildman–Crippen LogP) is 4.59. The topological polar surface area (TPSA) is 58.9 Å². The fraction of sp³-hybridized carbons (Fsp3) is 0.0588. The van der Waals surface area contributed by atoms with Crippen LogP contribution in [0.1, 0.15) is 16.6 Å². The molecule has 1 N–H and O–H groups in total. The smallest absolute Gasteiger partial charge is 0.341 e. The Hall–Kier alpha value is -2.12. The number of rotatable bonds is 2. The van der Waals surface area contributed by atoms with Gasteiger partial charge >= 0.3 is 5.63 Å². The molecule has 2 aromatic heterocycles. The molecule has 1 unspecified atom stereocenters. The normalized spacial score (nSPS) is 12.8. The lowest BCUT2D eigenvalue weighted by Crippen LogP contribution is -2.11. The van der Waals surface area contributed by atoms with Gasteiger partial charge in [0.25, 0.3) is 0 Å². The van der Waals surface area contributed by atoms with Crippen molar-refractivity contribution >= 4 is 50.6 Å². The molecule has 2 aromatic carbocycles. The van der Waals surface area contributed by atoms with E-state index in [9.17, 15) is 9.18 Å². The first kappa shape index (κ1) is 15.4. The van der Waals surface area contributed by atoms with Gasteiger partial charge < -0.3 is 9.40 Å². The summed E-state index contributed by atoms with van der Waals surface area (Å²) in [7, 11) is 0. The lowest BCUT2D eigenvalue weighted by molar-refractivity contribution is 0.551. The third-order valence-electron chi connectivity index (χ3n) is 3.74. The van der Waals surface area contributed by atoms with Crippen molar-refractivity contribution in [3.8, 4) is 0 Å². The average Bonchev–Trinajstić information content (AvgIpc) is 2.97. The van der Waals surface area contributed by atoms with Crippen LogP contribution in [0.3, 0.4) is 0 Å². The van der Waals surface area contributed by atoms with E-state index in [4.69, 9.17) is 4.42 Å². The van der Waals surface area contributed by atoms with E-state index in [1.54, 1.807) is 24.3 Å². The third-order valence-corrected chi connectivity index (χ3v) is 4.75. The summed E-state index contributed by atoms with van der Waals surface area (Å²) in [6.07, 6.45) is 0. The summed E-state index contributed by atoms with van der Waals surface area (Å²) in [4.78, 5) is 19.7. The highest BCUT2D eigenvalue weighted by molar-refractivity contribution is 9.10. The van der Waals surface area contributed by atoms with Crippen LogP contribution < -0.4 is 5.63 Å². The van der Waals surface area contributed by atoms with E-state index < -0.39 is 10.9 Å². The molecule has 0 aliphatic rings. The summed E-state index contributed by atoms with van der Waals surface area (Å²) in [6, 6.07) is 11.4. The molecule has 0 bridgehead atoms. The Balaban J connectivity index is 1.85. The van der Waals surface area contributed by atoms with Gasteiger partial charge in [-0.15, -0.1) is 0 Å². The molecule has 0 spiro atoms. The maximum absolute atomic E-state index is 13.3. The number of nitrogens with one attached hydrogen (secondary N) is 1. The van der Waals surface area contributed by atoms with E-state index in [1.807, 2.05) is 6.07 Å². The van der Waals surface area contributed by atoms with Crippen molar-refractivity contribution in [1.82, 2.24) is 9.97 Å². The lowest BCUT2D eigenvalue weighted by atomic mass is 10.1. The van der Waals surface area contributed by atoms with Gasteiger partial charge in [-0.2, -0.15) is 12.6 Å². The molecule has 24 heavy (non-hydrogen) atoms. The Bertz CT molecular complexity index is 1140. The second-order valence-electron chi connectivity index (χ2n) is 5.36. The van der Waals surface area contributed by atoms with Crippen molar-refractivity contribution in [1.29, 1.82) is 0 Å². The van der Waals surface area contributed by atoms with E-state index in [1.165, 1.54) is 12.1 Å². The number of thiol groups is 1. The second kappa shape index (κ2) is 5.75. The molecule has 4 aromatic rings. The molecule has 4 rings (SSSR count). The number of benzene rings is 2. The molecule has 7 heteroatoms. The second-order valence-corrected chi connectivity index (χ2v) is 6.79. The summed E-state index contributed by atoms with van der Waals surface area (Å²) in [5.41, 5.74) is 1.55. The highest BCUT2D eigenvalue weighted by Gasteiger charge is 2.19. The molecule has 0 radical (unpaired) electrons. The Morgan fingerprint density at radius 1 is 1.21 bits per heavy atom. The van der Waals surface area contributed by atoms with Crippen molar-refractivity contribution in [3.63, 3.8) is 0 Å². The SMILES string of the molecule is O=c1oc2ccc(Br)cc2cc1C(S)c1nc2ccc(F)cc2[nH]1. The van der Waals surface area contributed by atoms with Crippen LogP contribution in [-0.2, 0) is 0 Å². The lowest BCUT2D eigenvalue weighted by Gasteiger charge is -2.08. The number of aromatic amines is 1. The summed E-state index contributed by atoms with van der Waals surface area (Å²) in [6.45, 7) is 0. The van der Waals surface area contributed by atoms with E-state index in [2.05, 4.69) is 38.5 Å². The molecular formula is C17H10BrFN2O2S. The molecule has 1 atom stereocenters. The van der Waals surface area contributed by atoms with Gasteiger partial charge in [-0.05, 0) is 42.5 Å². The first-order chi connectivity index (χ1) is 11.5. The van der Waals surface area contributed by atoms with Gasteiger partial charge in [0.05, 0.1) is 21.8 Å². The van der Waals surface area contributed by atoms with Gasteiger partial charge in [0, 0.05) is 9.86 Å². The monoisotopic (exact) mass is 404 g/mol. The van der Waals surface area contributed by atoms with Crippen molar-refractivity contribution in [3.05, 3.63) is 74.6 Å². The van der Waals surface area contributed by atoms with Crippen LogP contribution in [0, 0.1) is 5.82 Å². The summed E-state index contributed by atoms with van der Waals surface area (Å²) in [5.74, 6) is 0.101. The minimum atomic E-state index is -0.611. The molecule has 120 valence electrons. The first-order valence-corrected chi connectivity index (χ1v) is 8.39. The number of H-pyrrole nitrogens is 1. The molecule has 4 nitrogen and oxygen atoms in total. The minimum absolute atomic E-state index is 0.358. The highest BCUT2D eigenvalue weighted by Crippen LogP contribution is 2.29. The fourth-order valence-electron chi connectivity index (χ4n) is 2.58. The molecule has 0 saturated carbocycles. The van der Waals surface area contributed by atoms with Crippen molar-refractivity contribution in [2.24, 2.45) is 0 Å². The number of fused-ring (bicyclic) bond motifs is 2. The Kier molecular flexibility index (Phi) is 3.69. The fourth-order valence-corrected chi connectivity index (χ4v) is 3.26. The number of hydrogen-bond acceptors (Lipinski definition) is 4. The van der Waals surface area contributed by atoms with E-state index in [-0.39, 0.29) is 5.82 Å². The number of nitrogens with zero attached hydrogens (tertiary/aromatic N) is 1. The molecular weight excluding hydrogens is 395 g/mol. The van der Waals surface area contributed by atoms with Crippen LogP contribution in [0.2, 0.25) is 0 Å². The molecule has 0 aliphatic heterocycles. The number of hydrogen-bond donors (Lipinski definition) is 2. The standard InChI is InChI=1S/C17H10BrFN2O2S/c18-9-1-4-14-8(5-9)6-11(17(22)23-14)15(24)16-20-12-3-2-10(19)7-13(12)21-16/h1-7,15,24H,(H,20,21). The largest absolute Gasteiger partial charge is 0.422 e. The van der Waals surface area contributed by atoms with E-state index in [0.29, 0.717) is 28.0 Å². The summed E-state index contributed by atoms with van der Waals surface area (Å²) < 4.78 is 19.5. The van der Waals surface area contributed by atoms with Gasteiger partial charge in [0.2, 0.25) is 0 Å². The van der Waals surface area contributed by atoms with Crippen LogP contribution in [0.4, 0.5) is 4.39 Å². The Labute approximate surface area is 149 Å². The van der Waals surface area contributed by atoms with Gasteiger partial charge in [-0.25, -0.2) is 14.2 Å². The van der Waals surface area contributed by atoms with Crippen LogP contribution in [-0.4, -0.2) is 9.97 Å². The molecule has 2 heterocycles. The van der Waals surface area contributed by atoms with Crippen molar-refractivity contribution < 1.29 is 8.81 Å². The van der Waals surface area contributed by atoms with Crippen molar-refractivity contribution in [2.45, 2.75) is 5.25 Å². The molecule has 0 aliphatic carbocycles. The zero-order valence-electron chi connectivity index (χ0n) is 12.1. The molecule has 0 fully saturated rings. The Morgan fingerprint density at radius 3 is 2.88 bits per heavy atom. The van der Waals surface area contributed by atoms with E-state index >= 15 is 0 Å². The Morgan fingerprint density at radius 2 is 2.04 bits per heavy atom.